The van der Waals surface area contributed by atoms with Gasteiger partial charge in [-0.3, -0.25) is 4.79 Å². The number of aromatic nitrogens is 2. The minimum Gasteiger partial charge on any atom is -0.465 e. The van der Waals surface area contributed by atoms with E-state index in [9.17, 15) is 18.0 Å². The summed E-state index contributed by atoms with van der Waals surface area (Å²) in [5, 5.41) is 5.63. The van der Waals surface area contributed by atoms with Gasteiger partial charge in [-0.1, -0.05) is 12.1 Å². The molecule has 9 nitrogen and oxygen atoms in total. The Kier molecular flexibility index (Phi) is 5.36. The molecule has 3 rings (SSSR count). The molecule has 1 saturated heterocycles. The Balaban J connectivity index is 1.75. The van der Waals surface area contributed by atoms with E-state index in [2.05, 4.69) is 20.6 Å². The molecule has 1 amide bonds. The number of nitrogens with zero attached hydrogens (tertiary/aromatic N) is 2. The number of para-hydroxylation sites is 1. The van der Waals surface area contributed by atoms with Gasteiger partial charge in [0.25, 0.3) is 5.91 Å². The molecule has 1 aliphatic heterocycles. The zero-order valence-corrected chi connectivity index (χ0v) is 15.3. The smallest absolute Gasteiger partial charge is 0.339 e. The van der Waals surface area contributed by atoms with Crippen LogP contribution >= 0.6 is 0 Å². The first-order valence-corrected chi connectivity index (χ1v) is 9.98. The van der Waals surface area contributed by atoms with Gasteiger partial charge in [-0.05, 0) is 18.6 Å². The second-order valence-electron chi connectivity index (χ2n) is 6.02. The highest BCUT2D eigenvalue weighted by Crippen LogP contribution is 2.20. The van der Waals surface area contributed by atoms with Crippen molar-refractivity contribution in [3.63, 3.8) is 0 Å². The Labute approximate surface area is 156 Å². The maximum absolute atomic E-state index is 12.3. The van der Waals surface area contributed by atoms with Gasteiger partial charge >= 0.3 is 5.97 Å². The van der Waals surface area contributed by atoms with Crippen LogP contribution in [0.25, 0.3) is 0 Å². The number of nitrogens with one attached hydrogen (secondary N) is 2. The first kappa shape index (κ1) is 18.8. The fourth-order valence-corrected chi connectivity index (χ4v) is 4.41. The van der Waals surface area contributed by atoms with Crippen LogP contribution in [-0.2, 0) is 14.6 Å². The number of carbonyl (C=O) groups is 2. The second kappa shape index (κ2) is 7.70. The van der Waals surface area contributed by atoms with Crippen molar-refractivity contribution < 1.29 is 22.7 Å². The highest BCUT2D eigenvalue weighted by atomic mass is 32.2. The molecule has 1 aromatic carbocycles. The van der Waals surface area contributed by atoms with Crippen molar-refractivity contribution in [2.75, 3.05) is 23.9 Å². The molecule has 1 aromatic heterocycles. The molecule has 0 bridgehead atoms. The Morgan fingerprint density at radius 2 is 2.00 bits per heavy atom. The van der Waals surface area contributed by atoms with Gasteiger partial charge in [0.1, 0.15) is 17.8 Å². The summed E-state index contributed by atoms with van der Waals surface area (Å²) < 4.78 is 27.7. The molecule has 1 fully saturated rings. The molecule has 2 heterocycles. The number of sulfone groups is 1. The van der Waals surface area contributed by atoms with Gasteiger partial charge in [-0.15, -0.1) is 0 Å². The third-order valence-electron chi connectivity index (χ3n) is 4.06. The maximum Gasteiger partial charge on any atom is 0.339 e. The van der Waals surface area contributed by atoms with Gasteiger partial charge in [0.15, 0.2) is 9.84 Å². The van der Waals surface area contributed by atoms with E-state index in [0.717, 1.165) is 0 Å². The van der Waals surface area contributed by atoms with Gasteiger partial charge in [-0.2, -0.15) is 0 Å². The summed E-state index contributed by atoms with van der Waals surface area (Å²) in [4.78, 5) is 32.2. The van der Waals surface area contributed by atoms with Crippen LogP contribution in [0.4, 0.5) is 11.5 Å². The van der Waals surface area contributed by atoms with E-state index in [0.29, 0.717) is 23.5 Å². The lowest BCUT2D eigenvalue weighted by Gasteiger charge is -2.12. The van der Waals surface area contributed by atoms with Crippen LogP contribution in [0, 0.1) is 0 Å². The maximum atomic E-state index is 12.3. The molecule has 2 aromatic rings. The number of amides is 1. The summed E-state index contributed by atoms with van der Waals surface area (Å²) in [7, 11) is -1.80. The third-order valence-corrected chi connectivity index (χ3v) is 5.83. The van der Waals surface area contributed by atoms with Crippen molar-refractivity contribution in [1.29, 1.82) is 0 Å². The predicted octanol–water partition coefficient (Wildman–Crippen LogP) is 0.924. The zero-order valence-electron chi connectivity index (χ0n) is 14.5. The Morgan fingerprint density at radius 1 is 1.22 bits per heavy atom. The summed E-state index contributed by atoms with van der Waals surface area (Å²) in [6.45, 7) is 0. The van der Waals surface area contributed by atoms with E-state index < -0.39 is 27.8 Å². The second-order valence-corrected chi connectivity index (χ2v) is 8.25. The van der Waals surface area contributed by atoms with Crippen LogP contribution in [0.15, 0.2) is 36.7 Å². The summed E-state index contributed by atoms with van der Waals surface area (Å²) >= 11 is 0. The van der Waals surface area contributed by atoms with Crippen molar-refractivity contribution in [3.8, 4) is 0 Å². The van der Waals surface area contributed by atoms with Crippen molar-refractivity contribution in [2.24, 2.45) is 0 Å². The number of esters is 1. The number of ether oxygens (including phenoxy) is 1. The van der Waals surface area contributed by atoms with Crippen molar-refractivity contribution in [3.05, 3.63) is 47.9 Å². The van der Waals surface area contributed by atoms with E-state index in [1.807, 2.05) is 0 Å². The minimum atomic E-state index is -3.09. The fourth-order valence-electron chi connectivity index (χ4n) is 2.74. The van der Waals surface area contributed by atoms with Crippen molar-refractivity contribution in [2.45, 2.75) is 12.5 Å². The van der Waals surface area contributed by atoms with Crippen LogP contribution in [-0.4, -0.2) is 54.9 Å². The summed E-state index contributed by atoms with van der Waals surface area (Å²) in [6.07, 6.45) is 1.60. The van der Waals surface area contributed by atoms with Gasteiger partial charge in [0.2, 0.25) is 0 Å². The highest BCUT2D eigenvalue weighted by molar-refractivity contribution is 7.91. The lowest BCUT2D eigenvalue weighted by Crippen LogP contribution is -2.36. The van der Waals surface area contributed by atoms with Gasteiger partial charge in [0, 0.05) is 12.1 Å². The molecule has 1 atom stereocenters. The fraction of sp³-hybridized carbons (Fsp3) is 0.294. The SMILES string of the molecule is COC(=O)c1ccccc1Nc1cc(C(=O)NC2CCS(=O)(=O)C2)ncn1. The molecule has 1 unspecified atom stereocenters. The summed E-state index contributed by atoms with van der Waals surface area (Å²) in [6, 6.07) is 7.72. The number of hydrogen-bond acceptors (Lipinski definition) is 8. The largest absolute Gasteiger partial charge is 0.465 e. The molecular weight excluding hydrogens is 372 g/mol. The Hall–Kier alpha value is -3.01. The highest BCUT2D eigenvalue weighted by Gasteiger charge is 2.29. The van der Waals surface area contributed by atoms with Crippen LogP contribution in [0.2, 0.25) is 0 Å². The number of anilines is 2. The molecule has 0 spiro atoms. The summed E-state index contributed by atoms with van der Waals surface area (Å²) in [5.41, 5.74) is 0.879. The Bertz CT molecular complexity index is 977. The van der Waals surface area contributed by atoms with Crippen LogP contribution in [0.3, 0.4) is 0 Å². The molecule has 1 aliphatic rings. The third kappa shape index (κ3) is 4.59. The van der Waals surface area contributed by atoms with Crippen LogP contribution < -0.4 is 10.6 Å². The lowest BCUT2D eigenvalue weighted by atomic mass is 10.2. The predicted molar refractivity (Wildman–Crippen MR) is 97.6 cm³/mol. The van der Waals surface area contributed by atoms with E-state index in [-0.39, 0.29) is 17.2 Å². The average Bonchev–Trinajstić information content (AvgIpc) is 3.00. The summed E-state index contributed by atoms with van der Waals surface area (Å²) in [5.74, 6) is -0.679. The molecule has 27 heavy (non-hydrogen) atoms. The van der Waals surface area contributed by atoms with Crippen molar-refractivity contribution in [1.82, 2.24) is 15.3 Å². The molecule has 2 N–H and O–H groups in total. The quantitative estimate of drug-likeness (QED) is 0.722. The molecule has 142 valence electrons. The van der Waals surface area contributed by atoms with Gasteiger partial charge < -0.3 is 15.4 Å². The number of rotatable bonds is 5. The number of hydrogen-bond donors (Lipinski definition) is 2. The lowest BCUT2D eigenvalue weighted by molar-refractivity contribution is 0.0601. The van der Waals surface area contributed by atoms with E-state index in [4.69, 9.17) is 4.74 Å². The van der Waals surface area contributed by atoms with E-state index in [1.165, 1.54) is 19.5 Å². The van der Waals surface area contributed by atoms with E-state index >= 15 is 0 Å². The molecule has 0 aliphatic carbocycles. The average molecular weight is 390 g/mol. The Morgan fingerprint density at radius 3 is 2.70 bits per heavy atom. The van der Waals surface area contributed by atoms with Crippen LogP contribution in [0.1, 0.15) is 27.3 Å². The molecule has 10 heteroatoms. The van der Waals surface area contributed by atoms with Gasteiger partial charge in [0.05, 0.1) is 29.9 Å². The minimum absolute atomic E-state index is 0.0680. The van der Waals surface area contributed by atoms with Crippen molar-refractivity contribution >= 4 is 33.2 Å². The van der Waals surface area contributed by atoms with Crippen LogP contribution in [0.5, 0.6) is 0 Å². The zero-order chi connectivity index (χ0) is 19.4. The van der Waals surface area contributed by atoms with E-state index in [1.54, 1.807) is 24.3 Å². The first-order chi connectivity index (χ1) is 12.9. The molecular formula is C17H18N4O5S. The topological polar surface area (TPSA) is 127 Å². The number of benzene rings is 1. The monoisotopic (exact) mass is 390 g/mol. The van der Waals surface area contributed by atoms with Gasteiger partial charge in [-0.25, -0.2) is 23.2 Å². The first-order valence-electron chi connectivity index (χ1n) is 8.15. The molecule has 0 saturated carbocycles. The normalized spacial score (nSPS) is 17.9. The standard InChI is InChI=1S/C17H18N4O5S/c1-26-17(23)12-4-2-3-5-13(12)21-15-8-14(18-10-19-15)16(22)20-11-6-7-27(24,25)9-11/h2-5,8,10-11H,6-7,9H2,1H3,(H,20,22)(H,18,19,21). The number of carbonyl (C=O) groups excluding carboxylic acids is 2. The molecule has 0 radical (unpaired) electrons. The number of methoxy groups -OCH3 is 1.